The van der Waals surface area contributed by atoms with Gasteiger partial charge in [-0.25, -0.2) is 13.6 Å². The van der Waals surface area contributed by atoms with Gasteiger partial charge >= 0.3 is 12.7 Å². The standard InChI is InChI=1S/C20H17F4N5O6/c1-20(8-13(30)28(2)18(27-20)26-19(31)32)9-4-3-5-11(14(9)22)25-15-12(29(33)34)7-6-10(21)16(15)35-17(23)24/h3-7,17,25H,8H2,1-2H3,(H,26,27)(H,31,32)/t20-/m0/s1. The Morgan fingerprint density at radius 1 is 1.34 bits per heavy atom. The molecule has 0 unspecified atom stereocenters. The number of amides is 2. The third-order valence-corrected chi connectivity index (χ3v) is 5.13. The fourth-order valence-electron chi connectivity index (χ4n) is 3.48. The first-order valence-corrected chi connectivity index (χ1v) is 9.68. The van der Waals surface area contributed by atoms with Crippen molar-refractivity contribution in [3.63, 3.8) is 0 Å². The molecule has 0 bridgehead atoms. The van der Waals surface area contributed by atoms with Gasteiger partial charge in [-0.1, -0.05) is 12.1 Å². The van der Waals surface area contributed by atoms with Crippen LogP contribution in [0.25, 0.3) is 0 Å². The molecule has 3 rings (SSSR count). The summed E-state index contributed by atoms with van der Waals surface area (Å²) in [7, 11) is 1.26. The zero-order chi connectivity index (χ0) is 26.1. The van der Waals surface area contributed by atoms with E-state index in [2.05, 4.69) is 20.4 Å². The maximum absolute atomic E-state index is 15.6. The van der Waals surface area contributed by atoms with Gasteiger partial charge in [0, 0.05) is 18.7 Å². The molecule has 2 aromatic carbocycles. The normalized spacial score (nSPS) is 19.0. The van der Waals surface area contributed by atoms with Gasteiger partial charge in [-0.2, -0.15) is 8.78 Å². The van der Waals surface area contributed by atoms with Crippen molar-refractivity contribution in [3.05, 3.63) is 57.6 Å². The van der Waals surface area contributed by atoms with Crippen LogP contribution in [0.5, 0.6) is 5.75 Å². The number of nitrogens with zero attached hydrogens (tertiary/aromatic N) is 3. The molecule has 0 aromatic heterocycles. The molecule has 11 nitrogen and oxygen atoms in total. The maximum Gasteiger partial charge on any atom is 0.434 e. The predicted octanol–water partition coefficient (Wildman–Crippen LogP) is 3.92. The van der Waals surface area contributed by atoms with E-state index >= 15 is 4.39 Å². The summed E-state index contributed by atoms with van der Waals surface area (Å²) in [5, 5.41) is 25.3. The molecule has 186 valence electrons. The Balaban J connectivity index is 2.10. The van der Waals surface area contributed by atoms with E-state index in [1.165, 1.54) is 26.1 Å². The second-order valence-corrected chi connectivity index (χ2v) is 7.50. The molecule has 15 heteroatoms. The van der Waals surface area contributed by atoms with Crippen molar-refractivity contribution in [1.29, 1.82) is 0 Å². The Morgan fingerprint density at radius 3 is 2.63 bits per heavy atom. The smallest absolute Gasteiger partial charge is 0.434 e. The van der Waals surface area contributed by atoms with Crippen molar-refractivity contribution in [3.8, 4) is 5.75 Å². The Bertz CT molecular complexity index is 1240. The molecule has 0 aliphatic carbocycles. The molecule has 0 spiro atoms. The molecule has 0 saturated carbocycles. The number of benzene rings is 2. The highest BCUT2D eigenvalue weighted by Gasteiger charge is 2.41. The quantitative estimate of drug-likeness (QED) is 0.308. The van der Waals surface area contributed by atoms with Crippen molar-refractivity contribution >= 4 is 35.0 Å². The van der Waals surface area contributed by atoms with Gasteiger partial charge in [-0.05, 0) is 19.1 Å². The Hall–Kier alpha value is -4.43. The molecular formula is C20H17F4N5O6. The number of anilines is 2. The van der Waals surface area contributed by atoms with Crippen LogP contribution >= 0.6 is 0 Å². The lowest BCUT2D eigenvalue weighted by Gasteiger charge is -2.40. The molecular weight excluding hydrogens is 482 g/mol. The summed E-state index contributed by atoms with van der Waals surface area (Å²) >= 11 is 0. The molecule has 35 heavy (non-hydrogen) atoms. The number of rotatable bonds is 6. The fourth-order valence-corrected chi connectivity index (χ4v) is 3.48. The van der Waals surface area contributed by atoms with E-state index in [0.717, 1.165) is 11.0 Å². The Morgan fingerprint density at radius 2 is 2.03 bits per heavy atom. The predicted molar refractivity (Wildman–Crippen MR) is 113 cm³/mol. The monoisotopic (exact) mass is 499 g/mol. The van der Waals surface area contributed by atoms with Crippen LogP contribution in [0.4, 0.5) is 39.4 Å². The molecule has 1 aliphatic heterocycles. The van der Waals surface area contributed by atoms with E-state index in [0.29, 0.717) is 12.1 Å². The van der Waals surface area contributed by atoms with Crippen LogP contribution in [0.3, 0.4) is 0 Å². The first kappa shape index (κ1) is 25.2. The fraction of sp³-hybridized carbons (Fsp3) is 0.250. The number of nitrogens with one attached hydrogen (secondary N) is 2. The maximum atomic E-state index is 15.6. The second kappa shape index (κ2) is 9.44. The first-order chi connectivity index (χ1) is 16.3. The molecule has 1 atom stereocenters. The van der Waals surface area contributed by atoms with E-state index in [1.807, 2.05) is 0 Å². The van der Waals surface area contributed by atoms with E-state index in [-0.39, 0.29) is 17.9 Å². The number of hydrogen-bond donors (Lipinski definition) is 3. The van der Waals surface area contributed by atoms with Gasteiger partial charge in [0.05, 0.1) is 22.6 Å². The van der Waals surface area contributed by atoms with Crippen LogP contribution in [0, 0.1) is 21.7 Å². The number of hydrogen-bond acceptors (Lipinski definition) is 6. The van der Waals surface area contributed by atoms with Crippen LogP contribution < -0.4 is 15.4 Å². The number of carbonyl (C=O) groups excluding carboxylic acids is 1. The van der Waals surface area contributed by atoms with Gasteiger partial charge < -0.3 is 20.5 Å². The van der Waals surface area contributed by atoms with Gasteiger partial charge in [-0.15, -0.1) is 4.99 Å². The molecule has 1 aliphatic rings. The highest BCUT2D eigenvalue weighted by atomic mass is 19.3. The molecule has 0 radical (unpaired) electrons. The lowest BCUT2D eigenvalue weighted by molar-refractivity contribution is -0.384. The second-order valence-electron chi connectivity index (χ2n) is 7.50. The zero-order valence-electron chi connectivity index (χ0n) is 18.0. The molecule has 3 N–H and O–H groups in total. The molecule has 1 heterocycles. The van der Waals surface area contributed by atoms with Crippen molar-refractivity contribution in [2.75, 3.05) is 12.4 Å². The lowest BCUT2D eigenvalue weighted by atomic mass is 9.86. The zero-order valence-corrected chi connectivity index (χ0v) is 18.0. The molecule has 1 fully saturated rings. The van der Waals surface area contributed by atoms with Crippen molar-refractivity contribution < 1.29 is 41.9 Å². The number of guanidine groups is 1. The third-order valence-electron chi connectivity index (χ3n) is 5.13. The largest absolute Gasteiger partial charge is 0.463 e. The summed E-state index contributed by atoms with van der Waals surface area (Å²) in [5.74, 6) is -4.62. The number of nitro benzene ring substituents is 1. The average Bonchev–Trinajstić information content (AvgIpc) is 2.74. The van der Waals surface area contributed by atoms with E-state index in [9.17, 15) is 32.9 Å². The number of nitro groups is 1. The SMILES string of the molecule is CN1C(=O)C[C@@](C)(c2cccc(Nc3c([N+](=O)[O-])ccc(F)c3OC(F)F)c2F)N/C1=N\C(=O)O. The van der Waals surface area contributed by atoms with E-state index in [1.54, 1.807) is 0 Å². The highest BCUT2D eigenvalue weighted by Crippen LogP contribution is 2.41. The molecule has 1 saturated heterocycles. The number of halogens is 4. The summed E-state index contributed by atoms with van der Waals surface area (Å²) in [6.07, 6.45) is -1.96. The van der Waals surface area contributed by atoms with Crippen molar-refractivity contribution in [2.24, 2.45) is 4.99 Å². The van der Waals surface area contributed by atoms with E-state index < -0.39 is 63.5 Å². The first-order valence-electron chi connectivity index (χ1n) is 9.68. The average molecular weight is 499 g/mol. The minimum atomic E-state index is -3.54. The van der Waals surface area contributed by atoms with Gasteiger partial charge in [0.25, 0.3) is 5.69 Å². The lowest BCUT2D eigenvalue weighted by Crippen LogP contribution is -2.59. The van der Waals surface area contributed by atoms with Crippen molar-refractivity contribution in [2.45, 2.75) is 25.5 Å². The number of aliphatic imine (C=N–C) groups is 1. The highest BCUT2D eigenvalue weighted by molar-refractivity contribution is 6.03. The third kappa shape index (κ3) is 5.07. The van der Waals surface area contributed by atoms with E-state index in [4.69, 9.17) is 5.11 Å². The van der Waals surface area contributed by atoms with Crippen LogP contribution in [0.1, 0.15) is 18.9 Å². The van der Waals surface area contributed by atoms with Crippen LogP contribution in [-0.4, -0.2) is 46.5 Å². The van der Waals surface area contributed by atoms with Gasteiger partial charge in [0.15, 0.2) is 23.1 Å². The molecule has 2 aromatic rings. The summed E-state index contributed by atoms with van der Waals surface area (Å²) in [6, 6.07) is 4.85. The summed E-state index contributed by atoms with van der Waals surface area (Å²) < 4.78 is 59.5. The summed E-state index contributed by atoms with van der Waals surface area (Å²) in [6.45, 7) is -2.16. The summed E-state index contributed by atoms with van der Waals surface area (Å²) in [5.41, 5.74) is -3.96. The van der Waals surface area contributed by atoms with Crippen LogP contribution in [0.2, 0.25) is 0 Å². The van der Waals surface area contributed by atoms with Gasteiger partial charge in [-0.3, -0.25) is 19.8 Å². The van der Waals surface area contributed by atoms with Crippen LogP contribution in [0.15, 0.2) is 35.3 Å². The van der Waals surface area contributed by atoms with Crippen molar-refractivity contribution in [1.82, 2.24) is 10.2 Å². The Labute approximate surface area is 194 Å². The number of carbonyl (C=O) groups is 2. The van der Waals surface area contributed by atoms with Gasteiger partial charge in [0.1, 0.15) is 0 Å². The number of ether oxygens (including phenoxy) is 1. The minimum absolute atomic E-state index is 0.197. The summed E-state index contributed by atoms with van der Waals surface area (Å²) in [4.78, 5) is 38.0. The van der Waals surface area contributed by atoms with Crippen LogP contribution in [-0.2, 0) is 10.3 Å². The van der Waals surface area contributed by atoms with Gasteiger partial charge in [0.2, 0.25) is 11.9 Å². The Kier molecular flexibility index (Phi) is 6.79. The minimum Gasteiger partial charge on any atom is -0.463 e. The topological polar surface area (TPSA) is 146 Å². The molecule has 2 amide bonds. The number of carboxylic acid groups (broad SMARTS) is 1. The number of alkyl halides is 2.